The number of hydrogen-bond donors (Lipinski definition) is 0. The number of Topliss-reactive ketones (excluding diaryl/α,β-unsaturated/α-hetero) is 1. The molecule has 0 aliphatic rings. The molecule has 3 rings (SSSR count). The fourth-order valence-electron chi connectivity index (χ4n) is 2.96. The van der Waals surface area contributed by atoms with Gasteiger partial charge in [-0.15, -0.1) is 0 Å². The molecular formula is C19H22N4O4S. The largest absolute Gasteiger partial charge is 0.497 e. The molecule has 0 aliphatic carbocycles. The zero-order chi connectivity index (χ0) is 20.4. The molecule has 0 radical (unpaired) electrons. The molecular weight excluding hydrogens is 380 g/mol. The maximum atomic E-state index is 12.6. The van der Waals surface area contributed by atoms with Crippen LogP contribution in [0.25, 0.3) is 11.2 Å². The van der Waals surface area contributed by atoms with Crippen LogP contribution in [-0.4, -0.2) is 37.3 Å². The molecule has 0 saturated heterocycles. The number of aryl methyl sites for hydroxylation is 2. The first-order chi connectivity index (χ1) is 13.4. The third-order valence-corrected chi connectivity index (χ3v) is 5.48. The van der Waals surface area contributed by atoms with Crippen LogP contribution in [0.3, 0.4) is 0 Å². The number of thioether (sulfide) groups is 1. The molecule has 1 aromatic carbocycles. The van der Waals surface area contributed by atoms with E-state index in [1.807, 2.05) is 6.92 Å². The monoisotopic (exact) mass is 402 g/mol. The van der Waals surface area contributed by atoms with Crippen molar-refractivity contribution in [3.8, 4) is 5.75 Å². The lowest BCUT2D eigenvalue weighted by molar-refractivity contribution is 0.102. The Labute approximate surface area is 165 Å². The summed E-state index contributed by atoms with van der Waals surface area (Å²) in [4.78, 5) is 41.8. The Kier molecular flexibility index (Phi) is 5.73. The Morgan fingerprint density at radius 2 is 1.82 bits per heavy atom. The molecule has 0 spiro atoms. The van der Waals surface area contributed by atoms with Gasteiger partial charge in [-0.2, -0.15) is 0 Å². The van der Waals surface area contributed by atoms with Crippen molar-refractivity contribution in [1.82, 2.24) is 18.7 Å². The number of nitrogens with zero attached hydrogens (tertiary/aromatic N) is 4. The highest BCUT2D eigenvalue weighted by atomic mass is 32.2. The first-order valence-corrected chi connectivity index (χ1v) is 9.83. The third-order valence-electron chi connectivity index (χ3n) is 4.50. The van der Waals surface area contributed by atoms with Crippen molar-refractivity contribution < 1.29 is 9.53 Å². The van der Waals surface area contributed by atoms with E-state index >= 15 is 0 Å². The van der Waals surface area contributed by atoms with Gasteiger partial charge in [-0.3, -0.25) is 18.7 Å². The van der Waals surface area contributed by atoms with Crippen molar-refractivity contribution in [2.75, 3.05) is 12.9 Å². The lowest BCUT2D eigenvalue weighted by atomic mass is 10.1. The van der Waals surface area contributed by atoms with Gasteiger partial charge < -0.3 is 9.30 Å². The maximum absolute atomic E-state index is 12.6. The highest BCUT2D eigenvalue weighted by Gasteiger charge is 2.20. The van der Waals surface area contributed by atoms with Crippen molar-refractivity contribution in [3.63, 3.8) is 0 Å². The molecule has 2 aromatic heterocycles. The molecule has 8 nitrogen and oxygen atoms in total. The Hall–Kier alpha value is -2.81. The van der Waals surface area contributed by atoms with E-state index in [-0.39, 0.29) is 17.1 Å². The molecule has 0 atom stereocenters. The number of methoxy groups -OCH3 is 1. The molecule has 0 fully saturated rings. The summed E-state index contributed by atoms with van der Waals surface area (Å²) in [6, 6.07) is 6.92. The summed E-state index contributed by atoms with van der Waals surface area (Å²) in [5.41, 5.74) is 0.485. The maximum Gasteiger partial charge on any atom is 0.332 e. The topological polar surface area (TPSA) is 88.1 Å². The Bertz CT molecular complexity index is 1140. The summed E-state index contributed by atoms with van der Waals surface area (Å²) < 4.78 is 9.34. The van der Waals surface area contributed by atoms with Gasteiger partial charge in [0.15, 0.2) is 22.1 Å². The summed E-state index contributed by atoms with van der Waals surface area (Å²) in [5, 5.41) is 0.553. The van der Waals surface area contributed by atoms with Gasteiger partial charge in [0.05, 0.1) is 12.9 Å². The van der Waals surface area contributed by atoms with Crippen LogP contribution in [0.5, 0.6) is 5.75 Å². The smallest absolute Gasteiger partial charge is 0.332 e. The van der Waals surface area contributed by atoms with Gasteiger partial charge in [0.2, 0.25) is 0 Å². The zero-order valence-corrected chi connectivity index (χ0v) is 17.1. The minimum atomic E-state index is -0.426. The van der Waals surface area contributed by atoms with Crippen LogP contribution in [0.15, 0.2) is 39.0 Å². The van der Waals surface area contributed by atoms with Gasteiger partial charge in [-0.25, -0.2) is 9.78 Å². The predicted molar refractivity (Wildman–Crippen MR) is 109 cm³/mol. The van der Waals surface area contributed by atoms with Crippen molar-refractivity contribution in [2.45, 2.75) is 25.0 Å². The van der Waals surface area contributed by atoms with Crippen LogP contribution in [0.4, 0.5) is 0 Å². The zero-order valence-electron chi connectivity index (χ0n) is 16.3. The van der Waals surface area contributed by atoms with Crippen molar-refractivity contribution in [2.24, 2.45) is 14.1 Å². The van der Waals surface area contributed by atoms with Crippen LogP contribution >= 0.6 is 11.8 Å². The average Bonchev–Trinajstić information content (AvgIpc) is 3.07. The second-order valence-corrected chi connectivity index (χ2v) is 7.31. The van der Waals surface area contributed by atoms with Gasteiger partial charge in [0.1, 0.15) is 5.75 Å². The van der Waals surface area contributed by atoms with E-state index < -0.39 is 5.69 Å². The summed E-state index contributed by atoms with van der Waals surface area (Å²) in [7, 11) is 4.61. The Morgan fingerprint density at radius 3 is 2.43 bits per heavy atom. The molecule has 0 bridgehead atoms. The number of rotatable bonds is 7. The van der Waals surface area contributed by atoms with E-state index in [9.17, 15) is 14.4 Å². The van der Waals surface area contributed by atoms with E-state index in [0.29, 0.717) is 34.2 Å². The molecule has 0 saturated carbocycles. The van der Waals surface area contributed by atoms with Crippen LogP contribution in [0.2, 0.25) is 0 Å². The second-order valence-electron chi connectivity index (χ2n) is 6.36. The van der Waals surface area contributed by atoms with E-state index in [4.69, 9.17) is 4.74 Å². The van der Waals surface area contributed by atoms with Crippen LogP contribution in [0.1, 0.15) is 23.7 Å². The average molecular weight is 402 g/mol. The normalized spacial score (nSPS) is 11.1. The molecule has 0 aliphatic heterocycles. The molecule has 0 unspecified atom stereocenters. The fraction of sp³-hybridized carbons (Fsp3) is 0.368. The molecule has 9 heteroatoms. The number of aromatic nitrogens is 4. The lowest BCUT2D eigenvalue weighted by Gasteiger charge is -2.08. The van der Waals surface area contributed by atoms with Gasteiger partial charge in [0.25, 0.3) is 5.56 Å². The van der Waals surface area contributed by atoms with Gasteiger partial charge in [-0.05, 0) is 30.7 Å². The summed E-state index contributed by atoms with van der Waals surface area (Å²) in [6.45, 7) is 2.57. The van der Waals surface area contributed by atoms with E-state index in [0.717, 1.165) is 11.0 Å². The number of imidazole rings is 1. The first kappa shape index (κ1) is 19.9. The molecule has 28 heavy (non-hydrogen) atoms. The minimum absolute atomic E-state index is 0.0513. The number of benzene rings is 1. The molecule has 0 amide bonds. The number of ether oxygens (including phenoxy) is 1. The molecule has 148 valence electrons. The van der Waals surface area contributed by atoms with Crippen LogP contribution < -0.4 is 16.0 Å². The van der Waals surface area contributed by atoms with Crippen LogP contribution in [0, 0.1) is 0 Å². The highest BCUT2D eigenvalue weighted by molar-refractivity contribution is 7.99. The summed E-state index contributed by atoms with van der Waals surface area (Å²) in [5.74, 6) is 0.809. The number of carbonyl (C=O) groups excluding carboxylic acids is 1. The number of carbonyl (C=O) groups is 1. The second kappa shape index (κ2) is 8.05. The number of hydrogen-bond acceptors (Lipinski definition) is 6. The molecule has 2 heterocycles. The van der Waals surface area contributed by atoms with E-state index in [1.165, 1.54) is 23.4 Å². The lowest BCUT2D eigenvalue weighted by Crippen LogP contribution is -2.37. The van der Waals surface area contributed by atoms with Crippen molar-refractivity contribution in [1.29, 1.82) is 0 Å². The SMILES string of the molecule is CCCn1c(SCC(=O)c2ccc(OC)cc2)nc2c1c(=O)n(C)c(=O)n2C. The Balaban J connectivity index is 1.96. The van der Waals surface area contributed by atoms with E-state index in [2.05, 4.69) is 4.98 Å². The molecule has 0 N–H and O–H groups in total. The predicted octanol–water partition coefficient (Wildman–Crippen LogP) is 1.83. The standard InChI is InChI=1S/C19H22N4O4S/c1-5-10-23-15-16(21(2)19(26)22(3)17(15)25)20-18(23)28-11-14(24)12-6-8-13(27-4)9-7-12/h6-9H,5,10-11H2,1-4H3. The number of ketones is 1. The van der Waals surface area contributed by atoms with Gasteiger partial charge in [-0.1, -0.05) is 18.7 Å². The number of fused-ring (bicyclic) bond motifs is 1. The first-order valence-electron chi connectivity index (χ1n) is 8.85. The third kappa shape index (κ3) is 3.49. The van der Waals surface area contributed by atoms with Crippen molar-refractivity contribution >= 4 is 28.7 Å². The summed E-state index contributed by atoms with van der Waals surface area (Å²) in [6.07, 6.45) is 0.789. The van der Waals surface area contributed by atoms with Gasteiger partial charge >= 0.3 is 5.69 Å². The quantitative estimate of drug-likeness (QED) is 0.443. The summed E-state index contributed by atoms with van der Waals surface area (Å²) >= 11 is 1.26. The minimum Gasteiger partial charge on any atom is -0.497 e. The molecule has 3 aromatic rings. The Morgan fingerprint density at radius 1 is 1.14 bits per heavy atom. The van der Waals surface area contributed by atoms with Gasteiger partial charge in [0, 0.05) is 26.2 Å². The highest BCUT2D eigenvalue weighted by Crippen LogP contribution is 2.23. The van der Waals surface area contributed by atoms with E-state index in [1.54, 1.807) is 43.0 Å². The van der Waals surface area contributed by atoms with Crippen molar-refractivity contribution in [3.05, 3.63) is 50.7 Å². The van der Waals surface area contributed by atoms with Crippen LogP contribution in [-0.2, 0) is 20.6 Å². The fourth-order valence-corrected chi connectivity index (χ4v) is 3.87.